The number of benzene rings is 2. The number of carbonyl (C=O) groups excluding carboxylic acids is 2. The molecule has 6 heteroatoms. The topological polar surface area (TPSA) is 92.3 Å². The van der Waals surface area contributed by atoms with E-state index >= 15 is 0 Å². The minimum Gasteiger partial charge on any atom is -0.467 e. The van der Waals surface area contributed by atoms with E-state index < -0.39 is 11.9 Å². The number of esters is 1. The molecule has 6 nitrogen and oxygen atoms in total. The number of hydrogen-bond acceptors (Lipinski definition) is 5. The van der Waals surface area contributed by atoms with E-state index in [1.165, 1.54) is 18.4 Å². The van der Waals surface area contributed by atoms with E-state index in [0.717, 1.165) is 5.56 Å². The Bertz CT molecular complexity index is 1090. The normalized spacial score (nSPS) is 11.1. The van der Waals surface area contributed by atoms with Gasteiger partial charge in [0, 0.05) is 6.08 Å². The molecule has 0 bridgehead atoms. The Kier molecular flexibility index (Phi) is 6.96. The molecule has 0 unspecified atom stereocenters. The van der Waals surface area contributed by atoms with Crippen molar-refractivity contribution in [3.63, 3.8) is 0 Å². The van der Waals surface area contributed by atoms with Crippen LogP contribution in [0.25, 0.3) is 12.2 Å². The largest absolute Gasteiger partial charge is 0.467 e. The van der Waals surface area contributed by atoms with Gasteiger partial charge in [-0.1, -0.05) is 42.5 Å². The third-order valence-electron chi connectivity index (χ3n) is 3.99. The average molecular weight is 398 g/mol. The maximum absolute atomic E-state index is 12.2. The summed E-state index contributed by atoms with van der Waals surface area (Å²) >= 11 is 0. The number of amides is 1. The molecule has 0 saturated carbocycles. The molecule has 0 aliphatic heterocycles. The Balaban J connectivity index is 1.58. The predicted octanol–water partition coefficient (Wildman–Crippen LogP) is 4.12. The molecular formula is C24H18N2O4. The van der Waals surface area contributed by atoms with Crippen molar-refractivity contribution in [3.8, 4) is 11.8 Å². The van der Waals surface area contributed by atoms with Crippen molar-refractivity contribution in [1.29, 1.82) is 5.26 Å². The van der Waals surface area contributed by atoms with Crippen molar-refractivity contribution in [2.24, 2.45) is 0 Å². The molecule has 0 fully saturated rings. The highest BCUT2D eigenvalue weighted by molar-refractivity contribution is 6.01. The first-order chi connectivity index (χ1) is 14.6. The molecule has 0 atom stereocenters. The van der Waals surface area contributed by atoms with Crippen LogP contribution < -0.4 is 10.1 Å². The van der Waals surface area contributed by atoms with E-state index in [1.807, 2.05) is 36.4 Å². The van der Waals surface area contributed by atoms with Gasteiger partial charge >= 0.3 is 5.97 Å². The van der Waals surface area contributed by atoms with Gasteiger partial charge in [-0.15, -0.1) is 0 Å². The number of nitrogens with zero attached hydrogens (tertiary/aromatic N) is 1. The molecule has 3 rings (SSSR count). The van der Waals surface area contributed by atoms with Gasteiger partial charge in [0.2, 0.25) is 0 Å². The molecule has 2 aromatic carbocycles. The predicted molar refractivity (Wildman–Crippen MR) is 112 cm³/mol. The number of ether oxygens (including phenoxy) is 1. The number of nitriles is 1. The lowest BCUT2D eigenvalue weighted by Crippen LogP contribution is -2.23. The highest BCUT2D eigenvalue weighted by Gasteiger charge is 2.09. The van der Waals surface area contributed by atoms with Crippen LogP contribution in [-0.2, 0) is 16.1 Å². The second-order valence-electron chi connectivity index (χ2n) is 6.17. The third kappa shape index (κ3) is 6.08. The average Bonchev–Trinajstić information content (AvgIpc) is 3.30. The van der Waals surface area contributed by atoms with Crippen LogP contribution in [0.4, 0.5) is 0 Å². The minimum atomic E-state index is -0.504. The molecular weight excluding hydrogens is 380 g/mol. The van der Waals surface area contributed by atoms with Crippen molar-refractivity contribution < 1.29 is 18.7 Å². The molecule has 1 heterocycles. The molecule has 0 saturated heterocycles. The van der Waals surface area contributed by atoms with Crippen LogP contribution in [0.5, 0.6) is 5.75 Å². The van der Waals surface area contributed by atoms with Crippen LogP contribution in [-0.4, -0.2) is 11.9 Å². The van der Waals surface area contributed by atoms with Gasteiger partial charge < -0.3 is 14.5 Å². The maximum atomic E-state index is 12.2. The van der Waals surface area contributed by atoms with Crippen molar-refractivity contribution in [2.75, 3.05) is 0 Å². The fourth-order valence-corrected chi connectivity index (χ4v) is 2.50. The second-order valence-corrected chi connectivity index (χ2v) is 6.17. The summed E-state index contributed by atoms with van der Waals surface area (Å²) in [6.45, 7) is 0.191. The zero-order chi connectivity index (χ0) is 21.2. The van der Waals surface area contributed by atoms with Crippen molar-refractivity contribution in [2.45, 2.75) is 6.54 Å². The molecule has 0 radical (unpaired) electrons. The first kappa shape index (κ1) is 20.4. The Labute approximate surface area is 173 Å². The van der Waals surface area contributed by atoms with Crippen molar-refractivity contribution >= 4 is 24.0 Å². The van der Waals surface area contributed by atoms with E-state index in [0.29, 0.717) is 17.1 Å². The van der Waals surface area contributed by atoms with Gasteiger partial charge in [0.25, 0.3) is 5.91 Å². The maximum Gasteiger partial charge on any atom is 0.336 e. The first-order valence-electron chi connectivity index (χ1n) is 9.11. The smallest absolute Gasteiger partial charge is 0.336 e. The Morgan fingerprint density at radius 1 is 1.00 bits per heavy atom. The van der Waals surface area contributed by atoms with Crippen LogP contribution >= 0.6 is 0 Å². The summed E-state index contributed by atoms with van der Waals surface area (Å²) in [4.78, 5) is 24.1. The van der Waals surface area contributed by atoms with Gasteiger partial charge in [0.05, 0.1) is 12.8 Å². The molecule has 0 aliphatic rings. The lowest BCUT2D eigenvalue weighted by atomic mass is 10.1. The summed E-state index contributed by atoms with van der Waals surface area (Å²) in [7, 11) is 0. The molecule has 0 aliphatic carbocycles. The second kappa shape index (κ2) is 10.2. The monoisotopic (exact) mass is 398 g/mol. The van der Waals surface area contributed by atoms with Crippen LogP contribution in [0, 0.1) is 11.3 Å². The minimum absolute atomic E-state index is 0.0444. The molecule has 1 aromatic heterocycles. The zero-order valence-corrected chi connectivity index (χ0v) is 15.9. The lowest BCUT2D eigenvalue weighted by Gasteiger charge is -2.04. The fourth-order valence-electron chi connectivity index (χ4n) is 2.50. The van der Waals surface area contributed by atoms with Crippen LogP contribution in [0.3, 0.4) is 0 Å². The highest BCUT2D eigenvalue weighted by Crippen LogP contribution is 2.15. The van der Waals surface area contributed by atoms with E-state index in [9.17, 15) is 14.9 Å². The molecule has 3 aromatic rings. The molecule has 1 amide bonds. The zero-order valence-electron chi connectivity index (χ0n) is 15.9. The van der Waals surface area contributed by atoms with Gasteiger partial charge in [-0.3, -0.25) is 4.79 Å². The molecule has 0 spiro atoms. The van der Waals surface area contributed by atoms with Crippen LogP contribution in [0.15, 0.2) is 89.1 Å². The van der Waals surface area contributed by atoms with Crippen LogP contribution in [0.2, 0.25) is 0 Å². The van der Waals surface area contributed by atoms with Gasteiger partial charge in [-0.05, 0) is 47.5 Å². The quantitative estimate of drug-likeness (QED) is 0.280. The molecule has 148 valence electrons. The van der Waals surface area contributed by atoms with E-state index in [1.54, 1.807) is 42.5 Å². The van der Waals surface area contributed by atoms with Crippen LogP contribution in [0.1, 0.15) is 16.9 Å². The van der Waals surface area contributed by atoms with E-state index in [4.69, 9.17) is 9.15 Å². The summed E-state index contributed by atoms with van der Waals surface area (Å²) in [5, 5.41) is 11.9. The number of nitrogens with one attached hydrogen (secondary N) is 1. The number of furan rings is 1. The molecule has 1 N–H and O–H groups in total. The third-order valence-corrected chi connectivity index (χ3v) is 3.99. The van der Waals surface area contributed by atoms with E-state index in [-0.39, 0.29) is 12.1 Å². The first-order valence-corrected chi connectivity index (χ1v) is 9.11. The number of carbonyl (C=O) groups is 2. The Hall–Kier alpha value is -4.37. The lowest BCUT2D eigenvalue weighted by molar-refractivity contribution is -0.128. The SMILES string of the molecule is N#C/C(=C\c1ccc(OC(=O)/C=C/c2ccccc2)cc1)C(=O)NCc1ccco1. The summed E-state index contributed by atoms with van der Waals surface area (Å²) in [6.07, 6.45) is 5.98. The molecule has 30 heavy (non-hydrogen) atoms. The van der Waals surface area contributed by atoms with Crippen molar-refractivity contribution in [3.05, 3.63) is 102 Å². The summed E-state index contributed by atoms with van der Waals surface area (Å²) in [6, 6.07) is 21.2. The van der Waals surface area contributed by atoms with Crippen molar-refractivity contribution in [1.82, 2.24) is 5.32 Å². The Morgan fingerprint density at radius 2 is 1.77 bits per heavy atom. The Morgan fingerprint density at radius 3 is 2.43 bits per heavy atom. The fraction of sp³-hybridized carbons (Fsp3) is 0.0417. The number of hydrogen-bond donors (Lipinski definition) is 1. The summed E-state index contributed by atoms with van der Waals surface area (Å²) in [5.41, 5.74) is 1.47. The standard InChI is InChI=1S/C24H18N2O4/c25-16-20(24(28)26-17-22-7-4-14-29-22)15-19-8-11-21(12-9-19)30-23(27)13-10-18-5-2-1-3-6-18/h1-15H,17H2,(H,26,28)/b13-10+,20-15+. The van der Waals surface area contributed by atoms with Gasteiger partial charge in [-0.25, -0.2) is 4.79 Å². The summed E-state index contributed by atoms with van der Waals surface area (Å²) in [5.74, 6) is -0.0589. The number of rotatable bonds is 7. The summed E-state index contributed by atoms with van der Waals surface area (Å²) < 4.78 is 10.4. The van der Waals surface area contributed by atoms with Gasteiger partial charge in [0.15, 0.2) is 0 Å². The van der Waals surface area contributed by atoms with E-state index in [2.05, 4.69) is 5.32 Å². The highest BCUT2D eigenvalue weighted by atomic mass is 16.5. The van der Waals surface area contributed by atoms with Gasteiger partial charge in [0.1, 0.15) is 23.2 Å². The van der Waals surface area contributed by atoms with Gasteiger partial charge in [-0.2, -0.15) is 5.26 Å².